The van der Waals surface area contributed by atoms with Gasteiger partial charge in [0.2, 0.25) is 23.7 Å². The maximum atomic E-state index is 11.6. The summed E-state index contributed by atoms with van der Waals surface area (Å²) < 4.78 is 10.8. The molecule has 0 spiro atoms. The normalized spacial score (nSPS) is 11.0. The van der Waals surface area contributed by atoms with Crippen LogP contribution in [0.4, 0.5) is 23.3 Å². The molecule has 0 aliphatic carbocycles. The van der Waals surface area contributed by atoms with Crippen LogP contribution in [0.1, 0.15) is 47.3 Å². The number of primary amides is 2. The van der Waals surface area contributed by atoms with E-state index in [9.17, 15) is 9.59 Å². The Hall–Kier alpha value is -4.41. The lowest BCUT2D eigenvalue weighted by Gasteiger charge is -2.19. The first-order chi connectivity index (χ1) is 16.0. The highest BCUT2D eigenvalue weighted by atomic mass is 16.5. The van der Waals surface area contributed by atoms with Crippen molar-refractivity contribution in [3.05, 3.63) is 53.3 Å². The first-order valence-corrected chi connectivity index (χ1v) is 10.3. The number of rotatable bonds is 8. The molecule has 34 heavy (non-hydrogen) atoms. The molecule has 3 rings (SSSR count). The summed E-state index contributed by atoms with van der Waals surface area (Å²) in [7, 11) is 3.01. The van der Waals surface area contributed by atoms with Crippen molar-refractivity contribution in [2.45, 2.75) is 26.2 Å². The Morgan fingerprint density at radius 3 is 1.50 bits per heavy atom. The van der Waals surface area contributed by atoms with Crippen LogP contribution in [-0.4, -0.2) is 41.0 Å². The van der Waals surface area contributed by atoms with Gasteiger partial charge in [-0.2, -0.15) is 15.0 Å². The maximum absolute atomic E-state index is 11.6. The number of methoxy groups -OCH3 is 2. The SMILES string of the molecule is COc1ccc(C(N)=O)cc1Nc1nc(Nc2cc(C(N)=O)ccc2OC)nc(C(C)(C)C)n1. The number of nitrogens with one attached hydrogen (secondary N) is 2. The van der Waals surface area contributed by atoms with Crippen molar-refractivity contribution < 1.29 is 19.1 Å². The van der Waals surface area contributed by atoms with Crippen molar-refractivity contribution in [2.75, 3.05) is 24.9 Å². The summed E-state index contributed by atoms with van der Waals surface area (Å²) in [5.41, 5.74) is 11.9. The summed E-state index contributed by atoms with van der Waals surface area (Å²) in [6.07, 6.45) is 0. The van der Waals surface area contributed by atoms with E-state index in [-0.39, 0.29) is 11.9 Å². The van der Waals surface area contributed by atoms with E-state index >= 15 is 0 Å². The monoisotopic (exact) mass is 465 g/mol. The van der Waals surface area contributed by atoms with Gasteiger partial charge in [0.15, 0.2) is 0 Å². The molecule has 1 aromatic heterocycles. The largest absolute Gasteiger partial charge is 0.495 e. The third kappa shape index (κ3) is 5.49. The number of anilines is 4. The van der Waals surface area contributed by atoms with Gasteiger partial charge in [-0.05, 0) is 36.4 Å². The van der Waals surface area contributed by atoms with E-state index in [1.54, 1.807) is 36.4 Å². The molecule has 2 aromatic carbocycles. The molecule has 0 bridgehead atoms. The highest BCUT2D eigenvalue weighted by Crippen LogP contribution is 2.31. The minimum atomic E-state index is -0.583. The van der Waals surface area contributed by atoms with Gasteiger partial charge in [-0.1, -0.05) is 20.8 Å². The second-order valence-corrected chi connectivity index (χ2v) is 8.36. The average molecular weight is 466 g/mol. The van der Waals surface area contributed by atoms with Gasteiger partial charge < -0.3 is 31.6 Å². The minimum absolute atomic E-state index is 0.201. The van der Waals surface area contributed by atoms with Crippen LogP contribution in [0.15, 0.2) is 36.4 Å². The molecular formula is C23H27N7O4. The maximum Gasteiger partial charge on any atom is 0.248 e. The van der Waals surface area contributed by atoms with Gasteiger partial charge in [0.25, 0.3) is 0 Å². The van der Waals surface area contributed by atoms with Crippen molar-refractivity contribution in [2.24, 2.45) is 11.5 Å². The van der Waals surface area contributed by atoms with Crippen LogP contribution in [0, 0.1) is 0 Å². The third-order valence-corrected chi connectivity index (χ3v) is 4.77. The Bertz CT molecular complexity index is 1150. The van der Waals surface area contributed by atoms with Gasteiger partial charge in [0.1, 0.15) is 17.3 Å². The number of hydrogen-bond donors (Lipinski definition) is 4. The number of ether oxygens (including phenoxy) is 2. The number of benzene rings is 2. The van der Waals surface area contributed by atoms with E-state index in [2.05, 4.69) is 25.6 Å². The van der Waals surface area contributed by atoms with Crippen molar-refractivity contribution in [3.8, 4) is 11.5 Å². The van der Waals surface area contributed by atoms with Gasteiger partial charge in [-0.15, -0.1) is 0 Å². The molecule has 1 heterocycles. The highest BCUT2D eigenvalue weighted by molar-refractivity contribution is 5.95. The summed E-state index contributed by atoms with van der Waals surface area (Å²) in [4.78, 5) is 36.8. The molecule has 3 aromatic rings. The predicted molar refractivity (Wildman–Crippen MR) is 128 cm³/mol. The second-order valence-electron chi connectivity index (χ2n) is 8.36. The van der Waals surface area contributed by atoms with Gasteiger partial charge in [0, 0.05) is 16.5 Å². The van der Waals surface area contributed by atoms with E-state index < -0.39 is 17.2 Å². The Balaban J connectivity index is 2.07. The molecule has 0 aliphatic rings. The number of hydrogen-bond acceptors (Lipinski definition) is 9. The smallest absolute Gasteiger partial charge is 0.248 e. The molecule has 178 valence electrons. The van der Waals surface area contributed by atoms with Crippen LogP contribution in [0.25, 0.3) is 0 Å². The Labute approximate surface area is 196 Å². The lowest BCUT2D eigenvalue weighted by atomic mass is 9.96. The standard InChI is InChI=1S/C23H27N7O4/c1-23(2,3)20-28-21(26-14-10-12(18(24)31)6-8-16(14)33-4)30-22(29-20)27-15-11-13(19(25)32)7-9-17(15)34-5/h6-11H,1-5H3,(H2,24,31)(H2,25,32)(H2,26,27,28,29,30). The Kier molecular flexibility index (Phi) is 6.85. The van der Waals surface area contributed by atoms with E-state index in [0.29, 0.717) is 39.8 Å². The van der Waals surface area contributed by atoms with Crippen molar-refractivity contribution in [1.29, 1.82) is 0 Å². The van der Waals surface area contributed by atoms with Gasteiger partial charge in [0.05, 0.1) is 25.6 Å². The molecule has 2 amide bonds. The molecule has 11 nitrogen and oxygen atoms in total. The lowest BCUT2D eigenvalue weighted by Crippen LogP contribution is -2.19. The Morgan fingerprint density at radius 1 is 0.765 bits per heavy atom. The molecule has 0 atom stereocenters. The molecule has 0 radical (unpaired) electrons. The van der Waals surface area contributed by atoms with E-state index in [4.69, 9.17) is 20.9 Å². The fraction of sp³-hybridized carbons (Fsp3) is 0.261. The van der Waals surface area contributed by atoms with Gasteiger partial charge in [-0.3, -0.25) is 9.59 Å². The summed E-state index contributed by atoms with van der Waals surface area (Å²) in [5, 5.41) is 6.15. The summed E-state index contributed by atoms with van der Waals surface area (Å²) in [6.45, 7) is 5.87. The molecular weight excluding hydrogens is 438 g/mol. The zero-order valence-corrected chi connectivity index (χ0v) is 19.6. The van der Waals surface area contributed by atoms with Gasteiger partial charge in [-0.25, -0.2) is 0 Å². The molecule has 0 saturated heterocycles. The van der Waals surface area contributed by atoms with Crippen LogP contribution in [0.3, 0.4) is 0 Å². The second kappa shape index (κ2) is 9.61. The first-order valence-electron chi connectivity index (χ1n) is 10.3. The van der Waals surface area contributed by atoms with E-state index in [0.717, 1.165) is 0 Å². The van der Waals surface area contributed by atoms with Crippen LogP contribution >= 0.6 is 0 Å². The zero-order valence-electron chi connectivity index (χ0n) is 19.6. The fourth-order valence-corrected chi connectivity index (χ4v) is 2.98. The van der Waals surface area contributed by atoms with E-state index in [1.165, 1.54) is 14.2 Å². The molecule has 0 saturated carbocycles. The van der Waals surface area contributed by atoms with Crippen LogP contribution in [0.5, 0.6) is 11.5 Å². The van der Waals surface area contributed by atoms with Crippen molar-refractivity contribution in [1.82, 2.24) is 15.0 Å². The molecule has 0 aliphatic heterocycles. The summed E-state index contributed by atoms with van der Waals surface area (Å²) >= 11 is 0. The number of carbonyl (C=O) groups excluding carboxylic acids is 2. The van der Waals surface area contributed by atoms with Crippen LogP contribution in [0.2, 0.25) is 0 Å². The summed E-state index contributed by atoms with van der Waals surface area (Å²) in [6, 6.07) is 9.46. The number of nitrogens with zero attached hydrogens (tertiary/aromatic N) is 3. The minimum Gasteiger partial charge on any atom is -0.495 e. The van der Waals surface area contributed by atoms with Crippen LogP contribution in [-0.2, 0) is 5.41 Å². The first kappa shape index (κ1) is 24.2. The molecule has 11 heteroatoms. The molecule has 6 N–H and O–H groups in total. The fourth-order valence-electron chi connectivity index (χ4n) is 2.98. The summed E-state index contributed by atoms with van der Waals surface area (Å²) in [5.74, 6) is 0.657. The van der Waals surface area contributed by atoms with Crippen molar-refractivity contribution >= 4 is 35.1 Å². The van der Waals surface area contributed by atoms with Crippen LogP contribution < -0.4 is 31.6 Å². The number of amides is 2. The highest BCUT2D eigenvalue weighted by Gasteiger charge is 2.21. The molecule has 0 fully saturated rings. The van der Waals surface area contributed by atoms with Gasteiger partial charge >= 0.3 is 0 Å². The average Bonchev–Trinajstić information content (AvgIpc) is 2.78. The predicted octanol–water partition coefficient (Wildman–Crippen LogP) is 2.87. The number of nitrogens with two attached hydrogens (primary N) is 2. The van der Waals surface area contributed by atoms with E-state index in [1.807, 2.05) is 20.8 Å². The quantitative estimate of drug-likeness (QED) is 0.391. The third-order valence-electron chi connectivity index (χ3n) is 4.77. The molecule has 0 unspecified atom stereocenters. The topological polar surface area (TPSA) is 167 Å². The Morgan fingerprint density at radius 2 is 1.18 bits per heavy atom. The lowest BCUT2D eigenvalue weighted by molar-refractivity contribution is 0.0992. The zero-order chi connectivity index (χ0) is 25.0. The van der Waals surface area contributed by atoms with Crippen molar-refractivity contribution in [3.63, 3.8) is 0 Å². The number of carbonyl (C=O) groups is 2. The number of aromatic nitrogens is 3.